The smallest absolute Gasteiger partial charge is 0.316 e. The number of carbonyl (C=O) groups excluding carboxylic acids is 3. The molecule has 4 aliphatic carbocycles. The number of Topliss-reactive ketones (excluding diaryl/α,β-unsaturated/α-hetero) is 1. The second-order valence-electron chi connectivity index (χ2n) is 8.43. The molecule has 130 valence electrons. The molecule has 4 nitrogen and oxygen atoms in total. The quantitative estimate of drug-likeness (QED) is 0.693. The van der Waals surface area contributed by atoms with E-state index in [1.165, 1.54) is 7.11 Å². The topological polar surface area (TPSA) is 60.4 Å². The van der Waals surface area contributed by atoms with E-state index < -0.39 is 5.41 Å². The van der Waals surface area contributed by atoms with Gasteiger partial charge in [0.25, 0.3) is 0 Å². The zero-order chi connectivity index (χ0) is 17.1. The lowest BCUT2D eigenvalue weighted by Gasteiger charge is -2.56. The fourth-order valence-electron chi connectivity index (χ4n) is 6.56. The Balaban J connectivity index is 1.78. The van der Waals surface area contributed by atoms with E-state index >= 15 is 0 Å². The number of ether oxygens (including phenoxy) is 1. The first kappa shape index (κ1) is 16.0. The summed E-state index contributed by atoms with van der Waals surface area (Å²) < 4.78 is 5.23. The van der Waals surface area contributed by atoms with E-state index in [-0.39, 0.29) is 23.1 Å². The van der Waals surface area contributed by atoms with Crippen LogP contribution < -0.4 is 0 Å². The summed E-state index contributed by atoms with van der Waals surface area (Å²) in [6, 6.07) is 0. The van der Waals surface area contributed by atoms with Gasteiger partial charge in [0.1, 0.15) is 5.78 Å². The monoisotopic (exact) mass is 330 g/mol. The van der Waals surface area contributed by atoms with Gasteiger partial charge in [0, 0.05) is 18.3 Å². The lowest BCUT2D eigenvalue weighted by molar-refractivity contribution is -0.163. The molecule has 0 aromatic rings. The Kier molecular flexibility index (Phi) is 3.52. The summed E-state index contributed by atoms with van der Waals surface area (Å²) in [5.41, 5.74) is 0.197. The highest BCUT2D eigenvalue weighted by Gasteiger charge is 2.62. The number of methoxy groups -OCH3 is 1. The van der Waals surface area contributed by atoms with Crippen molar-refractivity contribution in [3.8, 4) is 0 Å². The van der Waals surface area contributed by atoms with Crippen molar-refractivity contribution in [3.63, 3.8) is 0 Å². The predicted molar refractivity (Wildman–Crippen MR) is 88.1 cm³/mol. The molecule has 0 heterocycles. The number of rotatable bonds is 1. The van der Waals surface area contributed by atoms with E-state index in [9.17, 15) is 14.4 Å². The number of hydrogen-bond donors (Lipinski definition) is 0. The van der Waals surface area contributed by atoms with Crippen LogP contribution in [0.15, 0.2) is 11.6 Å². The van der Waals surface area contributed by atoms with Crippen LogP contribution in [0.4, 0.5) is 0 Å². The molecule has 3 saturated carbocycles. The first-order valence-electron chi connectivity index (χ1n) is 9.29. The number of carbonyl (C=O) groups is 3. The van der Waals surface area contributed by atoms with Crippen LogP contribution in [-0.2, 0) is 19.1 Å². The van der Waals surface area contributed by atoms with Gasteiger partial charge in [0.15, 0.2) is 5.78 Å². The first-order valence-corrected chi connectivity index (χ1v) is 9.29. The Morgan fingerprint density at radius 3 is 2.62 bits per heavy atom. The first-order chi connectivity index (χ1) is 11.4. The largest absolute Gasteiger partial charge is 0.468 e. The van der Waals surface area contributed by atoms with Gasteiger partial charge in [-0.05, 0) is 67.9 Å². The van der Waals surface area contributed by atoms with Crippen molar-refractivity contribution in [2.75, 3.05) is 7.11 Å². The van der Waals surface area contributed by atoms with Gasteiger partial charge >= 0.3 is 5.97 Å². The Hall–Kier alpha value is -1.45. The fraction of sp³-hybridized carbons (Fsp3) is 0.750. The zero-order valence-corrected chi connectivity index (χ0v) is 14.6. The normalized spacial score (nSPS) is 44.2. The molecule has 0 aliphatic heterocycles. The number of fused-ring (bicyclic) bond motifs is 5. The van der Waals surface area contributed by atoms with Crippen molar-refractivity contribution in [2.24, 2.45) is 28.6 Å². The van der Waals surface area contributed by atoms with Crippen molar-refractivity contribution in [1.29, 1.82) is 0 Å². The highest BCUT2D eigenvalue weighted by atomic mass is 16.5. The van der Waals surface area contributed by atoms with E-state index in [4.69, 9.17) is 4.74 Å². The van der Waals surface area contributed by atoms with Gasteiger partial charge in [-0.3, -0.25) is 14.4 Å². The maximum atomic E-state index is 12.9. The van der Waals surface area contributed by atoms with Crippen LogP contribution in [0.3, 0.4) is 0 Å². The Morgan fingerprint density at radius 2 is 1.88 bits per heavy atom. The summed E-state index contributed by atoms with van der Waals surface area (Å²) in [4.78, 5) is 37.3. The number of ketones is 2. The molecule has 0 aromatic carbocycles. The lowest BCUT2D eigenvalue weighted by atomic mass is 9.47. The van der Waals surface area contributed by atoms with Crippen molar-refractivity contribution in [3.05, 3.63) is 11.6 Å². The maximum absolute atomic E-state index is 12.9. The Labute approximate surface area is 143 Å². The highest BCUT2D eigenvalue weighted by molar-refractivity contribution is 5.95. The summed E-state index contributed by atoms with van der Waals surface area (Å²) in [7, 11) is 1.46. The van der Waals surface area contributed by atoms with Crippen LogP contribution >= 0.6 is 0 Å². The molecule has 0 aromatic heterocycles. The van der Waals surface area contributed by atoms with Crippen molar-refractivity contribution in [1.82, 2.24) is 0 Å². The molecule has 24 heavy (non-hydrogen) atoms. The fourth-order valence-corrected chi connectivity index (χ4v) is 6.56. The SMILES string of the molecule is COC(=O)[C@@]12CCC(=O)C=C1CC[C@H]1[C@H]2CC[C@@]2(C)C(=O)CC[C@H]12. The summed E-state index contributed by atoms with van der Waals surface area (Å²) in [6.07, 6.45) is 7.96. The van der Waals surface area contributed by atoms with Crippen molar-refractivity contribution < 1.29 is 19.1 Å². The molecule has 0 amide bonds. The van der Waals surface area contributed by atoms with Crippen LogP contribution in [0.1, 0.15) is 58.3 Å². The minimum absolute atomic E-state index is 0.139. The highest BCUT2D eigenvalue weighted by Crippen LogP contribution is 2.64. The second kappa shape index (κ2) is 5.27. The second-order valence-corrected chi connectivity index (χ2v) is 8.43. The van der Waals surface area contributed by atoms with E-state index in [1.54, 1.807) is 6.08 Å². The summed E-state index contributed by atoms with van der Waals surface area (Å²) >= 11 is 0. The van der Waals surface area contributed by atoms with Gasteiger partial charge in [-0.15, -0.1) is 0 Å². The van der Waals surface area contributed by atoms with E-state index in [2.05, 4.69) is 6.92 Å². The minimum Gasteiger partial charge on any atom is -0.468 e. The third kappa shape index (κ3) is 1.89. The average Bonchev–Trinajstić information content (AvgIpc) is 2.89. The molecular weight excluding hydrogens is 304 g/mol. The molecule has 0 saturated heterocycles. The molecule has 0 N–H and O–H groups in total. The van der Waals surface area contributed by atoms with Gasteiger partial charge in [0.05, 0.1) is 12.5 Å². The van der Waals surface area contributed by atoms with Gasteiger partial charge < -0.3 is 4.74 Å². The molecule has 0 unspecified atom stereocenters. The zero-order valence-electron chi connectivity index (χ0n) is 14.6. The minimum atomic E-state index is -0.613. The molecule has 0 bridgehead atoms. The Morgan fingerprint density at radius 1 is 1.08 bits per heavy atom. The molecule has 3 fully saturated rings. The molecule has 5 atom stereocenters. The maximum Gasteiger partial charge on any atom is 0.316 e. The van der Waals surface area contributed by atoms with Crippen molar-refractivity contribution in [2.45, 2.75) is 58.3 Å². The molecule has 0 spiro atoms. The predicted octanol–water partition coefficient (Wildman–Crippen LogP) is 3.24. The number of hydrogen-bond acceptors (Lipinski definition) is 4. The molecule has 0 radical (unpaired) electrons. The van der Waals surface area contributed by atoms with Crippen LogP contribution in [0.25, 0.3) is 0 Å². The third-order valence-electron chi connectivity index (χ3n) is 7.75. The van der Waals surface area contributed by atoms with E-state index in [0.717, 1.165) is 37.7 Å². The van der Waals surface area contributed by atoms with Gasteiger partial charge in [-0.1, -0.05) is 6.92 Å². The lowest BCUT2D eigenvalue weighted by Crippen LogP contribution is -2.55. The van der Waals surface area contributed by atoms with Crippen LogP contribution in [0.2, 0.25) is 0 Å². The van der Waals surface area contributed by atoms with Gasteiger partial charge in [-0.25, -0.2) is 0 Å². The standard InChI is InChI=1S/C20H26O4/c1-19-9-8-16-14(15(19)5-6-17(19)22)4-3-12-11-13(21)7-10-20(12,16)18(23)24-2/h11,14-16H,3-10H2,1-2H3/t14-,15-,16-,19-,20+/m1/s1. The van der Waals surface area contributed by atoms with E-state index in [1.807, 2.05) is 0 Å². The van der Waals surface area contributed by atoms with E-state index in [0.29, 0.717) is 36.9 Å². The third-order valence-corrected chi connectivity index (χ3v) is 7.75. The van der Waals surface area contributed by atoms with Gasteiger partial charge in [0.2, 0.25) is 0 Å². The molecule has 4 rings (SSSR count). The Bertz CT molecular complexity index is 648. The molecule has 4 aliphatic rings. The van der Waals surface area contributed by atoms with Crippen LogP contribution in [0, 0.1) is 28.6 Å². The molecular formula is C20H26O4. The van der Waals surface area contributed by atoms with Gasteiger partial charge in [-0.2, -0.15) is 0 Å². The summed E-state index contributed by atoms with van der Waals surface area (Å²) in [5.74, 6) is 1.41. The number of esters is 1. The molecule has 4 heteroatoms. The average molecular weight is 330 g/mol. The van der Waals surface area contributed by atoms with Crippen LogP contribution in [0.5, 0.6) is 0 Å². The summed E-state index contributed by atoms with van der Waals surface area (Å²) in [5, 5.41) is 0. The van der Waals surface area contributed by atoms with Crippen molar-refractivity contribution >= 4 is 17.5 Å². The van der Waals surface area contributed by atoms with Crippen LogP contribution in [-0.4, -0.2) is 24.6 Å². The summed E-state index contributed by atoms with van der Waals surface area (Å²) in [6.45, 7) is 2.14.